The third-order valence-electron chi connectivity index (χ3n) is 9.65. The van der Waals surface area contributed by atoms with E-state index in [9.17, 15) is 0 Å². The average molecular weight is 683 g/mol. The summed E-state index contributed by atoms with van der Waals surface area (Å²) in [7, 11) is 0. The first kappa shape index (κ1) is 30.3. The summed E-state index contributed by atoms with van der Waals surface area (Å²) in [5.41, 5.74) is 12.2. The van der Waals surface area contributed by atoms with Gasteiger partial charge in [-0.05, 0) is 35.4 Å². The van der Waals surface area contributed by atoms with Gasteiger partial charge in [-0.25, -0.2) is 15.0 Å². The largest absolute Gasteiger partial charge is 0.308 e. The molecular weight excluding hydrogens is 653 g/mol. The number of rotatable bonds is 5. The van der Waals surface area contributed by atoms with Crippen LogP contribution in [0.4, 0.5) is 0 Å². The van der Waals surface area contributed by atoms with Crippen molar-refractivity contribution in [1.82, 2.24) is 19.5 Å². The van der Waals surface area contributed by atoms with Crippen molar-refractivity contribution in [2.45, 2.75) is 9.79 Å². The van der Waals surface area contributed by atoms with Crippen molar-refractivity contribution in [3.63, 3.8) is 0 Å². The smallest absolute Gasteiger partial charge is 0.164 e. The Kier molecular flexibility index (Phi) is 7.36. The Labute approximate surface area is 306 Å². The third kappa shape index (κ3) is 5.13. The lowest BCUT2D eigenvalue weighted by atomic mass is 9.96. The van der Waals surface area contributed by atoms with E-state index in [2.05, 4.69) is 126 Å². The molecule has 0 atom stereocenters. The fourth-order valence-electron chi connectivity index (χ4n) is 7.33. The summed E-state index contributed by atoms with van der Waals surface area (Å²) in [6, 6.07) is 63.9. The molecule has 0 spiro atoms. The molecule has 0 amide bonds. The molecule has 3 heterocycles. The van der Waals surface area contributed by atoms with Crippen molar-refractivity contribution in [2.24, 2.45) is 0 Å². The van der Waals surface area contributed by atoms with E-state index >= 15 is 0 Å². The van der Waals surface area contributed by atoms with Crippen molar-refractivity contribution in [3.8, 4) is 73.4 Å². The first-order valence-corrected chi connectivity index (χ1v) is 18.2. The van der Waals surface area contributed by atoms with E-state index in [0.717, 1.165) is 27.9 Å². The van der Waals surface area contributed by atoms with Crippen LogP contribution in [0.3, 0.4) is 0 Å². The van der Waals surface area contributed by atoms with Crippen LogP contribution < -0.4 is 0 Å². The number of fused-ring (bicyclic) bond motifs is 7. The second kappa shape index (κ2) is 12.6. The van der Waals surface area contributed by atoms with E-state index in [1.54, 1.807) is 0 Å². The van der Waals surface area contributed by atoms with Crippen LogP contribution in [0.25, 0.3) is 84.3 Å². The molecule has 1 aliphatic rings. The van der Waals surface area contributed by atoms with Crippen molar-refractivity contribution >= 4 is 22.7 Å². The second-order valence-electron chi connectivity index (χ2n) is 12.8. The van der Waals surface area contributed by atoms with Gasteiger partial charge in [0.1, 0.15) is 0 Å². The van der Waals surface area contributed by atoms with Crippen LogP contribution in [0.15, 0.2) is 192 Å². The Morgan fingerprint density at radius 3 is 1.52 bits per heavy atom. The number of benzene rings is 7. The highest BCUT2D eigenvalue weighted by atomic mass is 32.2. The molecule has 244 valence electrons. The summed E-state index contributed by atoms with van der Waals surface area (Å²) in [6.45, 7) is 0. The van der Waals surface area contributed by atoms with E-state index in [-0.39, 0.29) is 0 Å². The molecule has 52 heavy (non-hydrogen) atoms. The van der Waals surface area contributed by atoms with E-state index in [4.69, 9.17) is 15.0 Å². The SMILES string of the molecule is c1ccc(-c2nc(-c3ccccc3)nc(-c3cccc(-n4c5c(c6cccc(-c7ccccc7)c64)-c4ccccc4Sc4ccccc4-5)c3)n2)cc1. The molecule has 9 aromatic rings. The van der Waals surface area contributed by atoms with Crippen LogP contribution in [-0.2, 0) is 0 Å². The first-order chi connectivity index (χ1) is 25.8. The average Bonchev–Trinajstić information content (AvgIpc) is 3.49. The van der Waals surface area contributed by atoms with Gasteiger partial charge in [-0.15, -0.1) is 0 Å². The summed E-state index contributed by atoms with van der Waals surface area (Å²) in [6.07, 6.45) is 0. The van der Waals surface area contributed by atoms with Gasteiger partial charge in [0.05, 0.1) is 11.2 Å². The number of nitrogens with zero attached hydrogens (tertiary/aromatic N) is 4. The summed E-state index contributed by atoms with van der Waals surface area (Å²) in [5.74, 6) is 1.91. The molecule has 0 radical (unpaired) electrons. The van der Waals surface area contributed by atoms with E-state index in [1.165, 1.54) is 48.7 Å². The first-order valence-electron chi connectivity index (χ1n) is 17.4. The lowest BCUT2D eigenvalue weighted by molar-refractivity contribution is 1.07. The fraction of sp³-hybridized carbons (Fsp3) is 0. The van der Waals surface area contributed by atoms with Crippen molar-refractivity contribution in [3.05, 3.63) is 182 Å². The summed E-state index contributed by atoms with van der Waals surface area (Å²) >= 11 is 1.84. The maximum absolute atomic E-state index is 5.08. The summed E-state index contributed by atoms with van der Waals surface area (Å²) < 4.78 is 2.47. The second-order valence-corrected chi connectivity index (χ2v) is 13.9. The zero-order valence-electron chi connectivity index (χ0n) is 28.0. The predicted molar refractivity (Wildman–Crippen MR) is 213 cm³/mol. The van der Waals surface area contributed by atoms with Gasteiger partial charge in [0.2, 0.25) is 0 Å². The van der Waals surface area contributed by atoms with Crippen LogP contribution in [0.1, 0.15) is 0 Å². The molecule has 0 saturated carbocycles. The molecule has 0 aliphatic carbocycles. The molecule has 0 bridgehead atoms. The summed E-state index contributed by atoms with van der Waals surface area (Å²) in [5, 5.41) is 1.21. The van der Waals surface area contributed by atoms with Gasteiger partial charge < -0.3 is 4.57 Å². The van der Waals surface area contributed by atoms with E-state index in [1.807, 2.05) is 72.4 Å². The Morgan fingerprint density at radius 2 is 0.865 bits per heavy atom. The number of hydrogen-bond acceptors (Lipinski definition) is 4. The van der Waals surface area contributed by atoms with Crippen LogP contribution >= 0.6 is 11.8 Å². The van der Waals surface area contributed by atoms with Crippen molar-refractivity contribution in [1.29, 1.82) is 0 Å². The number of para-hydroxylation sites is 1. The molecule has 0 unspecified atom stereocenters. The predicted octanol–water partition coefficient (Wildman–Crippen LogP) is 12.3. The molecule has 0 fully saturated rings. The van der Waals surface area contributed by atoms with Crippen LogP contribution in [0.5, 0.6) is 0 Å². The Bertz CT molecular complexity index is 2700. The minimum Gasteiger partial charge on any atom is -0.308 e. The lowest BCUT2D eigenvalue weighted by Gasteiger charge is -2.16. The van der Waals surface area contributed by atoms with Gasteiger partial charge in [0.15, 0.2) is 17.5 Å². The minimum absolute atomic E-state index is 0.627. The van der Waals surface area contributed by atoms with Gasteiger partial charge in [0, 0.05) is 54.2 Å². The molecule has 5 heteroatoms. The number of hydrogen-bond donors (Lipinski definition) is 0. The standard InChI is InChI=1S/C47H30N4S/c1-4-16-31(17-5-1)36-26-15-27-39-42-37-24-10-12-28-40(37)52-41-29-13-11-25-38(41)44(42)51(43(36)39)35-23-14-22-34(30-35)47-49-45(32-18-6-2-7-19-32)48-46(50-47)33-20-8-3-9-21-33/h1-30H. The van der Waals surface area contributed by atoms with E-state index < -0.39 is 0 Å². The molecule has 0 N–H and O–H groups in total. The molecular formula is C47H30N4S. The zero-order chi connectivity index (χ0) is 34.4. The maximum atomic E-state index is 5.08. The highest BCUT2D eigenvalue weighted by Gasteiger charge is 2.29. The van der Waals surface area contributed by atoms with Crippen molar-refractivity contribution in [2.75, 3.05) is 0 Å². The highest BCUT2D eigenvalue weighted by Crippen LogP contribution is 2.53. The molecule has 7 aromatic carbocycles. The van der Waals surface area contributed by atoms with E-state index in [0.29, 0.717) is 17.5 Å². The quantitative estimate of drug-likeness (QED) is 0.181. The van der Waals surface area contributed by atoms with Crippen molar-refractivity contribution < 1.29 is 0 Å². The molecule has 0 saturated heterocycles. The topological polar surface area (TPSA) is 43.6 Å². The van der Waals surface area contributed by atoms with Gasteiger partial charge in [-0.3, -0.25) is 0 Å². The normalized spacial score (nSPS) is 11.8. The van der Waals surface area contributed by atoms with Gasteiger partial charge in [-0.1, -0.05) is 169 Å². The fourth-order valence-corrected chi connectivity index (χ4v) is 8.41. The Balaban J connectivity index is 1.28. The Morgan fingerprint density at radius 1 is 0.385 bits per heavy atom. The van der Waals surface area contributed by atoms with Crippen LogP contribution in [0, 0.1) is 0 Å². The molecule has 2 aromatic heterocycles. The Hall–Kier alpha value is -6.56. The summed E-state index contributed by atoms with van der Waals surface area (Å²) in [4.78, 5) is 17.6. The number of aromatic nitrogens is 4. The molecule has 4 nitrogen and oxygen atoms in total. The molecule has 10 rings (SSSR count). The van der Waals surface area contributed by atoms with Gasteiger partial charge in [-0.2, -0.15) is 0 Å². The lowest BCUT2D eigenvalue weighted by Crippen LogP contribution is -2.02. The van der Waals surface area contributed by atoms with Gasteiger partial charge in [0.25, 0.3) is 0 Å². The zero-order valence-corrected chi connectivity index (χ0v) is 28.8. The van der Waals surface area contributed by atoms with Gasteiger partial charge >= 0.3 is 0 Å². The minimum atomic E-state index is 0.627. The third-order valence-corrected chi connectivity index (χ3v) is 10.8. The van der Waals surface area contributed by atoms with Crippen LogP contribution in [-0.4, -0.2) is 19.5 Å². The highest BCUT2D eigenvalue weighted by molar-refractivity contribution is 7.99. The maximum Gasteiger partial charge on any atom is 0.164 e. The van der Waals surface area contributed by atoms with Crippen LogP contribution in [0.2, 0.25) is 0 Å². The monoisotopic (exact) mass is 682 g/mol. The molecule has 1 aliphatic heterocycles.